The number of rotatable bonds is 12. The van der Waals surface area contributed by atoms with Crippen LogP contribution in [0.3, 0.4) is 0 Å². The highest BCUT2D eigenvalue weighted by Gasteiger charge is 2.11. The molecule has 0 atom stereocenters. The van der Waals surface area contributed by atoms with Gasteiger partial charge in [0.05, 0.1) is 6.61 Å². The van der Waals surface area contributed by atoms with Gasteiger partial charge in [-0.25, -0.2) is 0 Å². The highest BCUT2D eigenvalue weighted by molar-refractivity contribution is 9.70. The molecule has 0 saturated heterocycles. The lowest BCUT2D eigenvalue weighted by Crippen LogP contribution is -1.88. The van der Waals surface area contributed by atoms with Crippen molar-refractivity contribution in [1.29, 1.82) is 0 Å². The van der Waals surface area contributed by atoms with E-state index in [0.29, 0.717) is 6.61 Å². The van der Waals surface area contributed by atoms with Gasteiger partial charge in [0.1, 0.15) is 0 Å². The number of hydrogen-bond acceptors (Lipinski definition) is 2. The van der Waals surface area contributed by atoms with Crippen LogP contribution in [0.1, 0.15) is 71.1 Å². The van der Waals surface area contributed by atoms with Crippen LogP contribution >= 0.6 is 35.8 Å². The lowest BCUT2D eigenvalue weighted by Gasteiger charge is -2.05. The maximum atomic E-state index is 11.1. The lowest BCUT2D eigenvalue weighted by atomic mass is 10.1. The van der Waals surface area contributed by atoms with Gasteiger partial charge in [-0.3, -0.25) is 4.57 Å². The summed E-state index contributed by atoms with van der Waals surface area (Å²) >= 11 is 5.90. The fraction of sp³-hybridized carbons (Fsp3) is 1.00. The SMILES string of the molecule is CCCCCCCCCCCCOP(=O)(Br)Br. The molecule has 0 aliphatic carbocycles. The van der Waals surface area contributed by atoms with Crippen molar-refractivity contribution < 1.29 is 9.09 Å². The van der Waals surface area contributed by atoms with Gasteiger partial charge < -0.3 is 4.52 Å². The summed E-state index contributed by atoms with van der Waals surface area (Å²) in [5.41, 5.74) is 0. The summed E-state index contributed by atoms with van der Waals surface area (Å²) in [7, 11) is 0. The first kappa shape index (κ1) is 18.1. The minimum atomic E-state index is -2.62. The quantitative estimate of drug-likeness (QED) is 0.269. The topological polar surface area (TPSA) is 26.3 Å². The Morgan fingerprint density at radius 3 is 1.65 bits per heavy atom. The summed E-state index contributed by atoms with van der Waals surface area (Å²) in [5, 5.41) is 0. The third kappa shape index (κ3) is 17.1. The van der Waals surface area contributed by atoms with Gasteiger partial charge in [0, 0.05) is 31.0 Å². The second-order valence-corrected chi connectivity index (χ2v) is 14.0. The summed E-state index contributed by atoms with van der Waals surface area (Å²) in [6.07, 6.45) is 13.0. The highest BCUT2D eigenvalue weighted by Crippen LogP contribution is 2.62. The molecule has 0 aliphatic rings. The fourth-order valence-corrected chi connectivity index (χ4v) is 2.97. The van der Waals surface area contributed by atoms with Crippen LogP contribution in [-0.4, -0.2) is 6.61 Å². The number of hydrogen-bond donors (Lipinski definition) is 0. The Kier molecular flexibility index (Phi) is 13.0. The zero-order valence-electron chi connectivity index (χ0n) is 10.8. The van der Waals surface area contributed by atoms with E-state index in [1.807, 2.05) is 0 Å². The molecule has 0 unspecified atom stereocenters. The normalized spacial score (nSPS) is 11.9. The Bertz CT molecular complexity index is 207. The van der Waals surface area contributed by atoms with Gasteiger partial charge in [0.25, 0.3) is 0 Å². The van der Waals surface area contributed by atoms with Gasteiger partial charge in [-0.2, -0.15) is 0 Å². The summed E-state index contributed by atoms with van der Waals surface area (Å²) < 4.78 is 13.6. The van der Waals surface area contributed by atoms with Gasteiger partial charge >= 0.3 is 4.77 Å². The first-order valence-corrected chi connectivity index (χ1v) is 12.4. The van der Waals surface area contributed by atoms with Crippen LogP contribution in [0, 0.1) is 0 Å². The molecule has 0 aromatic heterocycles. The maximum absolute atomic E-state index is 11.1. The molecule has 0 aromatic carbocycles. The second kappa shape index (κ2) is 12.2. The molecule has 0 heterocycles. The van der Waals surface area contributed by atoms with Gasteiger partial charge in [-0.1, -0.05) is 64.7 Å². The third-order valence-electron chi connectivity index (χ3n) is 2.74. The average molecular weight is 392 g/mol. The average Bonchev–Trinajstić information content (AvgIpc) is 2.24. The summed E-state index contributed by atoms with van der Waals surface area (Å²) in [4.78, 5) is 0. The van der Waals surface area contributed by atoms with Crippen LogP contribution in [0.5, 0.6) is 0 Å². The van der Waals surface area contributed by atoms with E-state index < -0.39 is 4.77 Å². The van der Waals surface area contributed by atoms with Crippen LogP contribution in [0.2, 0.25) is 0 Å². The largest absolute Gasteiger partial charge is 0.328 e. The molecular weight excluding hydrogens is 367 g/mol. The molecule has 0 N–H and O–H groups in total. The first-order valence-electron chi connectivity index (χ1n) is 6.70. The molecule has 0 bridgehead atoms. The van der Waals surface area contributed by atoms with Crippen molar-refractivity contribution in [3.63, 3.8) is 0 Å². The van der Waals surface area contributed by atoms with Gasteiger partial charge in [-0.15, -0.1) is 0 Å². The Balaban J connectivity index is 3.01. The standard InChI is InChI=1S/C12H25Br2O2P/c1-2-3-4-5-6-7-8-9-10-11-12-16-17(13,14)15/h2-12H2,1H3. The molecule has 0 saturated carbocycles. The van der Waals surface area contributed by atoms with Gasteiger partial charge in [-0.05, 0) is 6.42 Å². The predicted octanol–water partition coefficient (Wildman–Crippen LogP) is 6.82. The van der Waals surface area contributed by atoms with E-state index in [1.165, 1.54) is 57.8 Å². The second-order valence-electron chi connectivity index (χ2n) is 4.43. The predicted molar refractivity (Wildman–Crippen MR) is 83.3 cm³/mol. The maximum Gasteiger partial charge on any atom is 0.328 e. The number of halogens is 2. The van der Waals surface area contributed by atoms with E-state index in [-0.39, 0.29) is 0 Å². The molecule has 0 aromatic rings. The minimum Gasteiger partial charge on any atom is -0.313 e. The van der Waals surface area contributed by atoms with Crippen molar-refractivity contribution in [3.8, 4) is 0 Å². The molecular formula is C12H25Br2O2P. The third-order valence-corrected chi connectivity index (χ3v) is 4.45. The van der Waals surface area contributed by atoms with Crippen molar-refractivity contribution in [2.75, 3.05) is 6.61 Å². The van der Waals surface area contributed by atoms with E-state index in [1.54, 1.807) is 0 Å². The van der Waals surface area contributed by atoms with Crippen LogP contribution in [0.25, 0.3) is 0 Å². The van der Waals surface area contributed by atoms with Crippen molar-refractivity contribution in [2.24, 2.45) is 0 Å². The van der Waals surface area contributed by atoms with Crippen molar-refractivity contribution in [1.82, 2.24) is 0 Å². The smallest absolute Gasteiger partial charge is 0.313 e. The first-order chi connectivity index (χ1) is 8.06. The summed E-state index contributed by atoms with van der Waals surface area (Å²) in [5.74, 6) is 0. The number of unbranched alkanes of at least 4 members (excludes halogenated alkanes) is 9. The molecule has 0 rings (SSSR count). The Labute approximate surface area is 122 Å². The van der Waals surface area contributed by atoms with Gasteiger partial charge in [0.2, 0.25) is 0 Å². The minimum absolute atomic E-state index is 0.574. The Morgan fingerprint density at radius 2 is 1.24 bits per heavy atom. The molecule has 104 valence electrons. The Morgan fingerprint density at radius 1 is 0.824 bits per heavy atom. The molecule has 17 heavy (non-hydrogen) atoms. The van der Waals surface area contributed by atoms with Crippen molar-refractivity contribution in [2.45, 2.75) is 71.1 Å². The van der Waals surface area contributed by atoms with E-state index in [0.717, 1.165) is 6.42 Å². The van der Waals surface area contributed by atoms with E-state index in [9.17, 15) is 4.57 Å². The molecule has 0 spiro atoms. The highest BCUT2D eigenvalue weighted by atomic mass is 79.9. The van der Waals surface area contributed by atoms with Crippen LogP contribution in [-0.2, 0) is 9.09 Å². The van der Waals surface area contributed by atoms with Crippen LogP contribution < -0.4 is 0 Å². The summed E-state index contributed by atoms with van der Waals surface area (Å²) in [6.45, 7) is 2.82. The zero-order chi connectivity index (χ0) is 13.0. The fourth-order valence-electron chi connectivity index (χ4n) is 1.76. The van der Waals surface area contributed by atoms with E-state index in [2.05, 4.69) is 37.9 Å². The monoisotopic (exact) mass is 390 g/mol. The van der Waals surface area contributed by atoms with Gasteiger partial charge in [0.15, 0.2) is 0 Å². The molecule has 0 fully saturated rings. The van der Waals surface area contributed by atoms with Crippen molar-refractivity contribution >= 4 is 35.8 Å². The molecule has 0 aliphatic heterocycles. The molecule has 0 radical (unpaired) electrons. The zero-order valence-corrected chi connectivity index (χ0v) is 14.9. The van der Waals surface area contributed by atoms with Crippen LogP contribution in [0.15, 0.2) is 0 Å². The lowest BCUT2D eigenvalue weighted by molar-refractivity contribution is 0.323. The molecule has 5 heteroatoms. The van der Waals surface area contributed by atoms with E-state index >= 15 is 0 Å². The summed E-state index contributed by atoms with van der Waals surface area (Å²) in [6, 6.07) is 0. The molecule has 0 amide bonds. The van der Waals surface area contributed by atoms with Crippen LogP contribution in [0.4, 0.5) is 0 Å². The molecule has 2 nitrogen and oxygen atoms in total. The van der Waals surface area contributed by atoms with Crippen molar-refractivity contribution in [3.05, 3.63) is 0 Å². The Hall–Kier alpha value is 1.15. The van der Waals surface area contributed by atoms with E-state index in [4.69, 9.17) is 4.52 Å².